The number of halogens is 2. The quantitative estimate of drug-likeness (QED) is 0.242. The molecule has 0 aliphatic heterocycles. The lowest BCUT2D eigenvalue weighted by Crippen LogP contribution is -2.31. The zero-order chi connectivity index (χ0) is 14.7. The van der Waals surface area contributed by atoms with Crippen LogP contribution in [0.3, 0.4) is 0 Å². The number of nitrogen functional groups attached to an aromatic ring is 1. The normalized spacial score (nSPS) is 10.4. The molecule has 0 saturated heterocycles. The molecule has 1 aromatic carbocycles. The third-order valence-electron chi connectivity index (χ3n) is 2.46. The van der Waals surface area contributed by atoms with Crippen LogP contribution in [0, 0.1) is 11.2 Å². The molecule has 0 bridgehead atoms. The molecule has 1 aromatic heterocycles. The van der Waals surface area contributed by atoms with Gasteiger partial charge in [0.15, 0.2) is 0 Å². The van der Waals surface area contributed by atoms with Crippen molar-refractivity contribution in [2.24, 2.45) is 0 Å². The van der Waals surface area contributed by atoms with Crippen LogP contribution in [-0.2, 0) is 0 Å². The summed E-state index contributed by atoms with van der Waals surface area (Å²) < 4.78 is -0.217. The van der Waals surface area contributed by atoms with Gasteiger partial charge in [-0.3, -0.25) is 0 Å². The zero-order valence-corrected chi connectivity index (χ0v) is 15.9. The second-order valence-electron chi connectivity index (χ2n) is 3.73. The molecule has 0 aliphatic rings. The summed E-state index contributed by atoms with van der Waals surface area (Å²) in [6.45, 7) is 0. The summed E-state index contributed by atoms with van der Waals surface area (Å²) >= 11 is 6.21. The summed E-state index contributed by atoms with van der Waals surface area (Å²) in [5, 5.41) is 22.7. The number of pyridine rings is 1. The minimum atomic E-state index is -1.61. The molecule has 20 heavy (non-hydrogen) atoms. The molecular formula is C11H8BI2N2O2PS. The van der Waals surface area contributed by atoms with Gasteiger partial charge in [-0.2, -0.15) is 0 Å². The van der Waals surface area contributed by atoms with Crippen molar-refractivity contribution in [3.8, 4) is 11.2 Å². The van der Waals surface area contributed by atoms with Crippen molar-refractivity contribution in [2.45, 2.75) is 0 Å². The molecule has 0 unspecified atom stereocenters. The average molecular weight is 528 g/mol. The van der Waals surface area contributed by atoms with Crippen LogP contribution in [0.1, 0.15) is 5.56 Å². The summed E-state index contributed by atoms with van der Waals surface area (Å²) in [5.74, 6) is 3.30. The highest BCUT2D eigenvalue weighted by atomic mass is 127. The topological polar surface area (TPSA) is 79.4 Å². The molecule has 4 N–H and O–H groups in total. The number of hydrogen-bond acceptors (Lipinski definition) is 5. The predicted octanol–water partition coefficient (Wildman–Crippen LogP) is 2.64. The van der Waals surface area contributed by atoms with E-state index in [1.807, 2.05) is 12.1 Å². The number of aromatic nitrogens is 1. The van der Waals surface area contributed by atoms with E-state index in [2.05, 4.69) is 60.2 Å². The van der Waals surface area contributed by atoms with Crippen molar-refractivity contribution >= 4 is 87.2 Å². The second kappa shape index (κ2) is 7.47. The van der Waals surface area contributed by atoms with Crippen LogP contribution in [0.2, 0.25) is 0 Å². The number of fused-ring (bicyclic) bond motifs is 1. The highest BCUT2D eigenvalue weighted by Gasteiger charge is 2.18. The average Bonchev–Trinajstić information content (AvgIpc) is 2.37. The Labute approximate surface area is 147 Å². The lowest BCUT2D eigenvalue weighted by Gasteiger charge is -2.08. The van der Waals surface area contributed by atoms with Crippen LogP contribution in [-0.4, -0.2) is 22.2 Å². The number of rotatable bonds is 2. The van der Waals surface area contributed by atoms with Gasteiger partial charge in [-0.25, -0.2) is 4.98 Å². The van der Waals surface area contributed by atoms with Crippen LogP contribution >= 0.6 is 57.9 Å². The van der Waals surface area contributed by atoms with Crippen molar-refractivity contribution in [1.82, 2.24) is 4.98 Å². The maximum absolute atomic E-state index is 9.50. The fourth-order valence-corrected chi connectivity index (χ4v) is 4.10. The highest BCUT2D eigenvalue weighted by Crippen LogP contribution is 2.64. The lowest BCUT2D eigenvalue weighted by atomic mass is 9.77. The monoisotopic (exact) mass is 528 g/mol. The van der Waals surface area contributed by atoms with E-state index < -0.39 is 7.12 Å². The van der Waals surface area contributed by atoms with Gasteiger partial charge in [0.05, 0.1) is 7.93 Å². The second-order valence-corrected chi connectivity index (χ2v) is 21.4. The number of hydrogen-bond donors (Lipinski definition) is 3. The Balaban J connectivity index is 2.62. The first-order valence-electron chi connectivity index (χ1n) is 5.34. The molecule has 102 valence electrons. The molecule has 0 fully saturated rings. The Morgan fingerprint density at radius 3 is 2.75 bits per heavy atom. The lowest BCUT2D eigenvalue weighted by molar-refractivity contribution is 0.426. The molecular weight excluding hydrogens is 520 g/mol. The number of anilines is 1. The largest absolute Gasteiger partial charge is 0.489 e. The first-order chi connectivity index (χ1) is 9.49. The molecule has 4 nitrogen and oxygen atoms in total. The fourth-order valence-electron chi connectivity index (χ4n) is 1.76. The minimum Gasteiger partial charge on any atom is -0.423 e. The smallest absolute Gasteiger partial charge is 0.423 e. The first kappa shape index (κ1) is 16.6. The summed E-state index contributed by atoms with van der Waals surface area (Å²) in [7, 11) is -1.61. The molecule has 9 heteroatoms. The van der Waals surface area contributed by atoms with Crippen LogP contribution in [0.4, 0.5) is 5.82 Å². The van der Waals surface area contributed by atoms with Crippen molar-refractivity contribution < 1.29 is 10.0 Å². The van der Waals surface area contributed by atoms with Crippen LogP contribution in [0.25, 0.3) is 10.9 Å². The maximum Gasteiger partial charge on any atom is 0.489 e. The standard InChI is InChI=1S/C11H8BI2N2O2PS/c13-19(14)20-5-4-7-2-1-3-9-11(7)8(12(17)18)6-10(15)16-9/h1-3,6,17-18H,(H2,15,16). The van der Waals surface area contributed by atoms with Gasteiger partial charge in [-0.15, -0.1) is 0 Å². The van der Waals surface area contributed by atoms with E-state index in [0.29, 0.717) is 16.4 Å². The summed E-state index contributed by atoms with van der Waals surface area (Å²) in [6, 6.07) is 6.91. The van der Waals surface area contributed by atoms with Crippen molar-refractivity contribution in [3.05, 3.63) is 29.8 Å². The molecule has 0 spiro atoms. The predicted molar refractivity (Wildman–Crippen MR) is 105 cm³/mol. The summed E-state index contributed by atoms with van der Waals surface area (Å²) in [5.41, 5.74) is 7.33. The Morgan fingerprint density at radius 2 is 2.10 bits per heavy atom. The Bertz CT molecular complexity index is 706. The Hall–Kier alpha value is 0.215. The molecule has 0 saturated carbocycles. The van der Waals surface area contributed by atoms with E-state index in [1.54, 1.807) is 17.4 Å². The van der Waals surface area contributed by atoms with E-state index in [0.717, 1.165) is 5.56 Å². The van der Waals surface area contributed by atoms with E-state index in [4.69, 9.17) is 5.73 Å². The summed E-state index contributed by atoms with van der Waals surface area (Å²) in [6.07, 6.45) is 0. The molecule has 0 radical (unpaired) electrons. The molecule has 0 atom stereocenters. The third kappa shape index (κ3) is 4.12. The maximum atomic E-state index is 9.50. The van der Waals surface area contributed by atoms with E-state index in [-0.39, 0.29) is 8.23 Å². The van der Waals surface area contributed by atoms with E-state index in [9.17, 15) is 10.0 Å². The van der Waals surface area contributed by atoms with Crippen molar-refractivity contribution in [1.29, 1.82) is 0 Å². The zero-order valence-electron chi connectivity index (χ0n) is 9.92. The van der Waals surface area contributed by atoms with Crippen molar-refractivity contribution in [2.75, 3.05) is 5.73 Å². The van der Waals surface area contributed by atoms with Gasteiger partial charge in [0.2, 0.25) is 0 Å². The SMILES string of the molecule is Nc1cc(B(O)O)c2c(C#CSP(I)I)cccc2n1. The van der Waals surface area contributed by atoms with Gasteiger partial charge in [0.1, 0.15) is 5.82 Å². The fraction of sp³-hybridized carbons (Fsp3) is 0. The minimum absolute atomic E-state index is 0.217. The molecule has 2 aromatic rings. The first-order valence-corrected chi connectivity index (χ1v) is 13.7. The summed E-state index contributed by atoms with van der Waals surface area (Å²) in [4.78, 5) is 4.20. The number of nitrogens with two attached hydrogens (primary N) is 1. The van der Waals surface area contributed by atoms with Gasteiger partial charge >= 0.3 is 7.12 Å². The van der Waals surface area contributed by atoms with E-state index >= 15 is 0 Å². The van der Waals surface area contributed by atoms with Gasteiger partial charge in [-0.1, -0.05) is 12.0 Å². The third-order valence-corrected chi connectivity index (χ3v) is 7.03. The van der Waals surface area contributed by atoms with Crippen molar-refractivity contribution in [3.63, 3.8) is 0 Å². The van der Waals surface area contributed by atoms with E-state index in [1.165, 1.54) is 6.07 Å². The van der Waals surface area contributed by atoms with Gasteiger partial charge in [-0.05, 0) is 84.4 Å². The van der Waals surface area contributed by atoms with Gasteiger partial charge in [0.25, 0.3) is 0 Å². The Morgan fingerprint density at radius 1 is 1.35 bits per heavy atom. The van der Waals surface area contributed by atoms with Crippen LogP contribution in [0.5, 0.6) is 0 Å². The number of benzene rings is 1. The molecule has 2 rings (SSSR count). The highest BCUT2D eigenvalue weighted by molar-refractivity contribution is 14.3. The number of nitrogens with zero attached hydrogens (tertiary/aromatic N) is 1. The Kier molecular flexibility index (Phi) is 6.19. The molecule has 0 amide bonds. The van der Waals surface area contributed by atoms with Crippen LogP contribution < -0.4 is 11.2 Å². The molecule has 0 aliphatic carbocycles. The van der Waals surface area contributed by atoms with Gasteiger partial charge < -0.3 is 15.8 Å². The molecule has 1 heterocycles. The van der Waals surface area contributed by atoms with Crippen LogP contribution in [0.15, 0.2) is 24.3 Å². The van der Waals surface area contributed by atoms with Gasteiger partial charge in [0, 0.05) is 10.9 Å².